The van der Waals surface area contributed by atoms with Crippen LogP contribution in [0.15, 0.2) is 35.4 Å². The van der Waals surface area contributed by atoms with Gasteiger partial charge < -0.3 is 9.80 Å². The van der Waals surface area contributed by atoms with Crippen LogP contribution >= 0.6 is 11.3 Å². The first-order valence-corrected chi connectivity index (χ1v) is 12.0. The third-order valence-corrected chi connectivity index (χ3v) is 7.67. The maximum Gasteiger partial charge on any atom is 0.268 e. The highest BCUT2D eigenvalue weighted by Gasteiger charge is 2.28. The van der Waals surface area contributed by atoms with E-state index < -0.39 is 0 Å². The minimum atomic E-state index is -0.257. The average molecular weight is 451 g/mol. The number of likely N-dealkylation sites (tertiary alicyclic amines) is 1. The fourth-order valence-corrected chi connectivity index (χ4v) is 5.82. The summed E-state index contributed by atoms with van der Waals surface area (Å²) in [6.07, 6.45) is 6.47. The van der Waals surface area contributed by atoms with Gasteiger partial charge in [-0.25, -0.2) is 4.98 Å². The number of aryl methyl sites for hydroxylation is 2. The molecule has 32 heavy (non-hydrogen) atoms. The third-order valence-electron chi connectivity index (χ3n) is 6.48. The van der Waals surface area contributed by atoms with Crippen LogP contribution in [0.4, 0.5) is 5.69 Å². The lowest BCUT2D eigenvalue weighted by molar-refractivity contribution is -0.132. The molecule has 2 aliphatic rings. The number of hydrogen-bond acceptors (Lipinski definition) is 5. The monoisotopic (exact) mass is 450 g/mol. The highest BCUT2D eigenvalue weighted by molar-refractivity contribution is 7.20. The van der Waals surface area contributed by atoms with Crippen molar-refractivity contribution in [3.8, 4) is 0 Å². The molecule has 2 amide bonds. The van der Waals surface area contributed by atoms with E-state index in [1.54, 1.807) is 0 Å². The van der Waals surface area contributed by atoms with Crippen molar-refractivity contribution in [3.05, 3.63) is 57.0 Å². The van der Waals surface area contributed by atoms with E-state index in [1.165, 1.54) is 27.8 Å². The Kier molecular flexibility index (Phi) is 5.55. The minimum Gasteiger partial charge on any atom is -0.341 e. The maximum absolute atomic E-state index is 13.5. The molecular weight excluding hydrogens is 424 g/mol. The van der Waals surface area contributed by atoms with Crippen LogP contribution < -0.4 is 10.5 Å². The van der Waals surface area contributed by atoms with E-state index in [0.717, 1.165) is 50.9 Å². The number of anilines is 1. The number of para-hydroxylation sites is 1. The van der Waals surface area contributed by atoms with Crippen molar-refractivity contribution >= 4 is 39.1 Å². The molecule has 0 atom stereocenters. The van der Waals surface area contributed by atoms with Gasteiger partial charge in [-0.15, -0.1) is 11.3 Å². The highest BCUT2D eigenvalue weighted by atomic mass is 32.1. The molecule has 4 heterocycles. The molecule has 2 aromatic heterocycles. The first kappa shape index (κ1) is 20.9. The van der Waals surface area contributed by atoms with E-state index in [1.807, 2.05) is 34.9 Å². The van der Waals surface area contributed by atoms with Crippen LogP contribution in [0.3, 0.4) is 0 Å². The quantitative estimate of drug-likeness (QED) is 0.613. The van der Waals surface area contributed by atoms with E-state index in [-0.39, 0.29) is 23.9 Å². The molecule has 7 nitrogen and oxygen atoms in total. The Morgan fingerprint density at radius 3 is 2.66 bits per heavy atom. The van der Waals surface area contributed by atoms with Gasteiger partial charge in [0.2, 0.25) is 5.91 Å². The largest absolute Gasteiger partial charge is 0.341 e. The average Bonchev–Trinajstić information content (AvgIpc) is 3.17. The number of thiophene rings is 1. The Balaban J connectivity index is 1.47. The molecule has 8 heteroatoms. The SMILES string of the molecule is Cc1c(C(=O)N2CCCc3ccccc32)sc2ncn(CC(=O)N3CCCCC3)c(=O)c12. The normalized spacial score (nSPS) is 16.3. The molecule has 1 aromatic carbocycles. The lowest BCUT2D eigenvalue weighted by atomic mass is 10.0. The van der Waals surface area contributed by atoms with Gasteiger partial charge in [0.25, 0.3) is 11.5 Å². The number of amides is 2. The first-order chi connectivity index (χ1) is 15.5. The van der Waals surface area contributed by atoms with Gasteiger partial charge in [-0.2, -0.15) is 0 Å². The van der Waals surface area contributed by atoms with Crippen molar-refractivity contribution < 1.29 is 9.59 Å². The van der Waals surface area contributed by atoms with Crippen molar-refractivity contribution in [3.63, 3.8) is 0 Å². The predicted molar refractivity (Wildman–Crippen MR) is 125 cm³/mol. The minimum absolute atomic E-state index is 0.0140. The van der Waals surface area contributed by atoms with Crippen molar-refractivity contribution in [2.24, 2.45) is 0 Å². The van der Waals surface area contributed by atoms with Gasteiger partial charge in [0, 0.05) is 25.3 Å². The van der Waals surface area contributed by atoms with Gasteiger partial charge in [-0.1, -0.05) is 18.2 Å². The molecule has 3 aromatic rings. The number of carbonyl (C=O) groups excluding carboxylic acids is 2. The molecule has 0 saturated carbocycles. The molecular formula is C24H26N4O3S. The zero-order valence-corrected chi connectivity index (χ0v) is 19.0. The number of carbonyl (C=O) groups is 2. The summed E-state index contributed by atoms with van der Waals surface area (Å²) in [5.74, 6) is -0.143. The topological polar surface area (TPSA) is 75.5 Å². The zero-order valence-electron chi connectivity index (χ0n) is 18.2. The van der Waals surface area contributed by atoms with E-state index in [0.29, 0.717) is 27.2 Å². The van der Waals surface area contributed by atoms with Crippen LogP contribution in [0.1, 0.15) is 46.5 Å². The Hall–Kier alpha value is -3.00. The molecule has 166 valence electrons. The van der Waals surface area contributed by atoms with Gasteiger partial charge >= 0.3 is 0 Å². The van der Waals surface area contributed by atoms with E-state index >= 15 is 0 Å². The number of benzene rings is 1. The van der Waals surface area contributed by atoms with Crippen LogP contribution in [-0.4, -0.2) is 45.9 Å². The molecule has 1 fully saturated rings. The summed E-state index contributed by atoms with van der Waals surface area (Å²) < 4.78 is 1.38. The van der Waals surface area contributed by atoms with Crippen LogP contribution in [0.25, 0.3) is 10.2 Å². The number of hydrogen-bond donors (Lipinski definition) is 0. The summed E-state index contributed by atoms with van der Waals surface area (Å²) in [6.45, 7) is 3.94. The number of piperidine rings is 1. The maximum atomic E-state index is 13.5. The Morgan fingerprint density at radius 1 is 1.06 bits per heavy atom. The fourth-order valence-electron chi connectivity index (χ4n) is 4.73. The number of fused-ring (bicyclic) bond motifs is 2. The number of aromatic nitrogens is 2. The molecule has 0 radical (unpaired) electrons. The van der Waals surface area contributed by atoms with Gasteiger partial charge in [0.15, 0.2) is 0 Å². The van der Waals surface area contributed by atoms with E-state index in [4.69, 9.17) is 0 Å². The zero-order chi connectivity index (χ0) is 22.2. The summed E-state index contributed by atoms with van der Waals surface area (Å²) in [5, 5.41) is 0.442. The van der Waals surface area contributed by atoms with Gasteiger partial charge in [-0.05, 0) is 56.2 Å². The fraction of sp³-hybridized carbons (Fsp3) is 0.417. The van der Waals surface area contributed by atoms with Crippen LogP contribution in [0.2, 0.25) is 0 Å². The molecule has 0 unspecified atom stereocenters. The van der Waals surface area contributed by atoms with Crippen molar-refractivity contribution in [1.29, 1.82) is 0 Å². The standard InChI is InChI=1S/C24H26N4O3S/c1-16-20-22(25-15-27(23(20)30)14-19(29)26-11-5-2-6-12-26)32-21(16)24(31)28-13-7-9-17-8-3-4-10-18(17)28/h3-4,8,10,15H,2,5-7,9,11-14H2,1H3. The van der Waals surface area contributed by atoms with Gasteiger partial charge in [0.05, 0.1) is 16.6 Å². The van der Waals surface area contributed by atoms with Crippen molar-refractivity contribution in [2.45, 2.75) is 45.6 Å². The Bertz CT molecular complexity index is 1260. The second kappa shape index (κ2) is 8.50. The van der Waals surface area contributed by atoms with Gasteiger partial charge in [0.1, 0.15) is 11.4 Å². The number of nitrogens with zero attached hydrogens (tertiary/aromatic N) is 4. The third kappa shape index (κ3) is 3.62. The molecule has 5 rings (SSSR count). The summed E-state index contributed by atoms with van der Waals surface area (Å²) in [4.78, 5) is 48.5. The van der Waals surface area contributed by atoms with Gasteiger partial charge in [-0.3, -0.25) is 19.0 Å². The molecule has 0 bridgehead atoms. The molecule has 1 saturated heterocycles. The van der Waals surface area contributed by atoms with E-state index in [2.05, 4.69) is 11.1 Å². The highest BCUT2D eigenvalue weighted by Crippen LogP contribution is 2.33. The van der Waals surface area contributed by atoms with Crippen LogP contribution in [0.5, 0.6) is 0 Å². The Morgan fingerprint density at radius 2 is 1.84 bits per heavy atom. The lowest BCUT2D eigenvalue weighted by Gasteiger charge is -2.29. The predicted octanol–water partition coefficient (Wildman–Crippen LogP) is 3.37. The molecule has 0 spiro atoms. The van der Waals surface area contributed by atoms with Crippen molar-refractivity contribution in [2.75, 3.05) is 24.5 Å². The van der Waals surface area contributed by atoms with Crippen LogP contribution in [0, 0.1) is 6.92 Å². The second-order valence-electron chi connectivity index (χ2n) is 8.54. The summed E-state index contributed by atoms with van der Waals surface area (Å²) in [7, 11) is 0. The second-order valence-corrected chi connectivity index (χ2v) is 9.54. The summed E-state index contributed by atoms with van der Waals surface area (Å²) >= 11 is 1.26. The van der Waals surface area contributed by atoms with E-state index in [9.17, 15) is 14.4 Å². The summed E-state index contributed by atoms with van der Waals surface area (Å²) in [6, 6.07) is 7.98. The first-order valence-electron chi connectivity index (χ1n) is 11.2. The smallest absolute Gasteiger partial charge is 0.268 e. The molecule has 0 aliphatic carbocycles. The summed E-state index contributed by atoms with van der Waals surface area (Å²) in [5.41, 5.74) is 2.50. The Labute approximate surface area is 190 Å². The van der Waals surface area contributed by atoms with Crippen LogP contribution in [-0.2, 0) is 17.8 Å². The molecule has 2 aliphatic heterocycles. The van der Waals surface area contributed by atoms with Crippen molar-refractivity contribution in [1.82, 2.24) is 14.5 Å². The lowest BCUT2D eigenvalue weighted by Crippen LogP contribution is -2.39. The molecule has 0 N–H and O–H groups in total. The number of rotatable bonds is 3.